The molecule has 132 valence electrons. The topological polar surface area (TPSA) is 42.4 Å². The monoisotopic (exact) mass is 338 g/mol. The molecule has 0 unspecified atom stereocenters. The van der Waals surface area contributed by atoms with Crippen molar-refractivity contribution in [1.29, 1.82) is 0 Å². The normalized spacial score (nSPS) is 16.2. The van der Waals surface area contributed by atoms with E-state index in [4.69, 9.17) is 4.74 Å². The number of piperidine rings is 1. The molecular weight excluding hydrogens is 312 g/mol. The summed E-state index contributed by atoms with van der Waals surface area (Å²) in [5, 5.41) is 1.06. The molecule has 1 aromatic carbocycles. The highest BCUT2D eigenvalue weighted by molar-refractivity contribution is 5.95. The van der Waals surface area contributed by atoms with E-state index in [2.05, 4.69) is 18.8 Å². The van der Waals surface area contributed by atoms with E-state index in [1.54, 1.807) is 12.3 Å². The van der Waals surface area contributed by atoms with Gasteiger partial charge in [0.25, 0.3) is 0 Å². The summed E-state index contributed by atoms with van der Waals surface area (Å²) >= 11 is 0. The Morgan fingerprint density at radius 1 is 1.28 bits per heavy atom. The minimum Gasteiger partial charge on any atom is -0.378 e. The molecule has 0 aliphatic carbocycles. The van der Waals surface area contributed by atoms with Crippen LogP contribution in [0.25, 0.3) is 17.0 Å². The van der Waals surface area contributed by atoms with Crippen molar-refractivity contribution < 1.29 is 9.53 Å². The predicted octanol–water partition coefficient (Wildman–Crippen LogP) is 3.91. The molecule has 3 rings (SSSR count). The summed E-state index contributed by atoms with van der Waals surface area (Å²) in [5.74, 6) is 0.626. The molecule has 1 aromatic heterocycles. The highest BCUT2D eigenvalue weighted by Gasteiger charge is 2.22. The molecule has 0 N–H and O–H groups in total. The molecule has 4 nitrogen and oxygen atoms in total. The molecule has 0 saturated carbocycles. The van der Waals surface area contributed by atoms with Crippen LogP contribution in [-0.4, -0.2) is 41.6 Å². The van der Waals surface area contributed by atoms with Crippen molar-refractivity contribution in [2.24, 2.45) is 5.92 Å². The van der Waals surface area contributed by atoms with E-state index in [-0.39, 0.29) is 5.91 Å². The molecule has 2 aromatic rings. The number of rotatable bonds is 5. The summed E-state index contributed by atoms with van der Waals surface area (Å²) in [6.45, 7) is 6.65. The van der Waals surface area contributed by atoms with Crippen molar-refractivity contribution in [3.63, 3.8) is 0 Å². The van der Waals surface area contributed by atoms with Crippen LogP contribution < -0.4 is 0 Å². The van der Waals surface area contributed by atoms with E-state index >= 15 is 0 Å². The number of likely N-dealkylation sites (tertiary alicyclic amines) is 1. The number of carbonyl (C=O) groups is 1. The third-order valence-electron chi connectivity index (χ3n) is 4.51. The molecule has 0 radical (unpaired) electrons. The average molecular weight is 338 g/mol. The van der Waals surface area contributed by atoms with Crippen LogP contribution in [0.2, 0.25) is 0 Å². The first-order valence-electron chi connectivity index (χ1n) is 9.06. The van der Waals surface area contributed by atoms with Gasteiger partial charge in [0.1, 0.15) is 0 Å². The lowest BCUT2D eigenvalue weighted by molar-refractivity contribution is -0.128. The number of pyridine rings is 1. The molecule has 1 fully saturated rings. The van der Waals surface area contributed by atoms with Gasteiger partial charge < -0.3 is 9.64 Å². The van der Waals surface area contributed by atoms with Crippen molar-refractivity contribution in [2.75, 3.05) is 19.7 Å². The molecular formula is C21H26N2O2. The first-order valence-corrected chi connectivity index (χ1v) is 9.06. The van der Waals surface area contributed by atoms with Gasteiger partial charge in [0.2, 0.25) is 5.91 Å². The molecule has 25 heavy (non-hydrogen) atoms. The summed E-state index contributed by atoms with van der Waals surface area (Å²) in [7, 11) is 0. The van der Waals surface area contributed by atoms with E-state index in [9.17, 15) is 4.79 Å². The summed E-state index contributed by atoms with van der Waals surface area (Å²) in [6, 6.07) is 9.92. The molecule has 0 atom stereocenters. The van der Waals surface area contributed by atoms with Crippen molar-refractivity contribution in [3.8, 4) is 0 Å². The Balaban J connectivity index is 1.58. The van der Waals surface area contributed by atoms with E-state index in [1.165, 1.54) is 0 Å². The maximum absolute atomic E-state index is 12.5. The van der Waals surface area contributed by atoms with Gasteiger partial charge in [-0.1, -0.05) is 32.0 Å². The molecule has 0 bridgehead atoms. The summed E-state index contributed by atoms with van der Waals surface area (Å²) in [5.41, 5.74) is 1.97. The van der Waals surface area contributed by atoms with Crippen LogP contribution in [0.4, 0.5) is 0 Å². The number of hydrogen-bond donors (Lipinski definition) is 0. The Hall–Kier alpha value is -2.20. The second-order valence-electron chi connectivity index (χ2n) is 7.00. The van der Waals surface area contributed by atoms with Crippen molar-refractivity contribution >= 4 is 22.9 Å². The minimum atomic E-state index is 0.0724. The first kappa shape index (κ1) is 17.6. The number of benzene rings is 1. The SMILES string of the molecule is CC(C)COC1CCN(C(=O)C=Cc2ccnc3ccccc23)CC1. The Labute approximate surface area is 149 Å². The zero-order valence-corrected chi connectivity index (χ0v) is 15.0. The second kappa shape index (κ2) is 8.26. The molecule has 1 saturated heterocycles. The number of fused-ring (bicyclic) bond motifs is 1. The van der Waals surface area contributed by atoms with Gasteiger partial charge >= 0.3 is 0 Å². The van der Waals surface area contributed by atoms with Gasteiger partial charge in [0.05, 0.1) is 11.6 Å². The Bertz CT molecular complexity index is 741. The number of nitrogens with zero attached hydrogens (tertiary/aromatic N) is 2. The Morgan fingerprint density at radius 3 is 2.80 bits per heavy atom. The standard InChI is InChI=1S/C21H26N2O2/c1-16(2)15-25-18-10-13-23(14-11-18)21(24)8-7-17-9-12-22-20-6-4-3-5-19(17)20/h3-9,12,16,18H,10-11,13-15H2,1-2H3. The van der Waals surface area contributed by atoms with Crippen LogP contribution in [0.3, 0.4) is 0 Å². The zero-order chi connectivity index (χ0) is 17.6. The van der Waals surface area contributed by atoms with Crippen molar-refractivity contribution in [3.05, 3.63) is 48.2 Å². The smallest absolute Gasteiger partial charge is 0.246 e. The van der Waals surface area contributed by atoms with Crippen molar-refractivity contribution in [2.45, 2.75) is 32.8 Å². The van der Waals surface area contributed by atoms with Crippen LogP contribution in [0.15, 0.2) is 42.6 Å². The lowest BCUT2D eigenvalue weighted by Gasteiger charge is -2.31. The van der Waals surface area contributed by atoms with Gasteiger partial charge in [-0.25, -0.2) is 0 Å². The van der Waals surface area contributed by atoms with E-state index in [0.29, 0.717) is 12.0 Å². The third kappa shape index (κ3) is 4.67. The fourth-order valence-electron chi connectivity index (χ4n) is 3.10. The number of para-hydroxylation sites is 1. The molecule has 4 heteroatoms. The fourth-order valence-corrected chi connectivity index (χ4v) is 3.10. The lowest BCUT2D eigenvalue weighted by Crippen LogP contribution is -2.40. The third-order valence-corrected chi connectivity index (χ3v) is 4.51. The van der Waals surface area contributed by atoms with E-state index in [0.717, 1.165) is 49.0 Å². The van der Waals surface area contributed by atoms with Gasteiger partial charge in [-0.15, -0.1) is 0 Å². The highest BCUT2D eigenvalue weighted by Crippen LogP contribution is 2.19. The molecule has 1 aliphatic heterocycles. The fraction of sp³-hybridized carbons (Fsp3) is 0.429. The van der Waals surface area contributed by atoms with E-state index in [1.807, 2.05) is 41.3 Å². The van der Waals surface area contributed by atoms with Crippen LogP contribution in [-0.2, 0) is 9.53 Å². The number of carbonyl (C=O) groups excluding carboxylic acids is 1. The molecule has 1 aliphatic rings. The van der Waals surface area contributed by atoms with Crippen LogP contribution in [0.5, 0.6) is 0 Å². The quantitative estimate of drug-likeness (QED) is 0.776. The highest BCUT2D eigenvalue weighted by atomic mass is 16.5. The number of aromatic nitrogens is 1. The minimum absolute atomic E-state index is 0.0724. The van der Waals surface area contributed by atoms with E-state index < -0.39 is 0 Å². The second-order valence-corrected chi connectivity index (χ2v) is 7.00. The number of hydrogen-bond acceptors (Lipinski definition) is 3. The van der Waals surface area contributed by atoms with Gasteiger partial charge in [-0.05, 0) is 42.5 Å². The van der Waals surface area contributed by atoms with Crippen LogP contribution >= 0.6 is 0 Å². The molecule has 1 amide bonds. The Morgan fingerprint density at radius 2 is 2.04 bits per heavy atom. The van der Waals surface area contributed by atoms with Gasteiger partial charge in [0.15, 0.2) is 0 Å². The summed E-state index contributed by atoms with van der Waals surface area (Å²) in [4.78, 5) is 18.7. The van der Waals surface area contributed by atoms with Gasteiger partial charge in [0, 0.05) is 37.4 Å². The van der Waals surface area contributed by atoms with Crippen LogP contribution in [0, 0.1) is 5.92 Å². The number of ether oxygens (including phenoxy) is 1. The largest absolute Gasteiger partial charge is 0.378 e. The predicted molar refractivity (Wildman–Crippen MR) is 101 cm³/mol. The summed E-state index contributed by atoms with van der Waals surface area (Å²) in [6.07, 6.45) is 7.49. The number of amides is 1. The van der Waals surface area contributed by atoms with Gasteiger partial charge in [-0.3, -0.25) is 9.78 Å². The summed E-state index contributed by atoms with van der Waals surface area (Å²) < 4.78 is 5.89. The lowest BCUT2D eigenvalue weighted by atomic mass is 10.1. The zero-order valence-electron chi connectivity index (χ0n) is 15.0. The van der Waals surface area contributed by atoms with Gasteiger partial charge in [-0.2, -0.15) is 0 Å². The van der Waals surface area contributed by atoms with Crippen molar-refractivity contribution in [1.82, 2.24) is 9.88 Å². The van der Waals surface area contributed by atoms with Crippen LogP contribution in [0.1, 0.15) is 32.3 Å². The average Bonchev–Trinajstić information content (AvgIpc) is 2.64. The molecule has 2 heterocycles. The first-order chi connectivity index (χ1) is 12.1. The maximum Gasteiger partial charge on any atom is 0.246 e. The molecule has 0 spiro atoms. The maximum atomic E-state index is 12.5. The Kier molecular flexibility index (Phi) is 5.82.